The van der Waals surface area contributed by atoms with Gasteiger partial charge >= 0.3 is 0 Å². The first-order valence-corrected chi connectivity index (χ1v) is 7.99. The molecule has 4 nitrogen and oxygen atoms in total. The Balaban J connectivity index is 1.66. The van der Waals surface area contributed by atoms with E-state index < -0.39 is 17.0 Å². The molecule has 6 atom stereocenters. The van der Waals surface area contributed by atoms with E-state index in [1.807, 2.05) is 6.08 Å². The Kier molecular flexibility index (Phi) is 3.47. The zero-order valence-electron chi connectivity index (χ0n) is 11.2. The van der Waals surface area contributed by atoms with Crippen LogP contribution < -0.4 is 0 Å². The minimum atomic E-state index is -1.24. The molecular weight excluding hydrogens is 264 g/mol. The quantitative estimate of drug-likeness (QED) is 0.612. The van der Waals surface area contributed by atoms with Crippen LogP contribution in [0.2, 0.25) is 0 Å². The summed E-state index contributed by atoms with van der Waals surface area (Å²) < 4.78 is 11.4. The number of hydrogen-bond donors (Lipinski definition) is 2. The standard InChI is InChI=1S/C14H22O4S/c1-3-10-5-4-9(2)6-11(10)17-13(16)8-14(13)18-12(15)7-19-14/h3,9-12,15-16H,1,4-8H2,2H3. The van der Waals surface area contributed by atoms with Crippen LogP contribution in [0.25, 0.3) is 0 Å². The molecule has 0 aromatic rings. The van der Waals surface area contributed by atoms with Gasteiger partial charge in [-0.05, 0) is 25.2 Å². The fraction of sp³-hybridized carbons (Fsp3) is 0.857. The van der Waals surface area contributed by atoms with Crippen LogP contribution in [0.3, 0.4) is 0 Å². The highest BCUT2D eigenvalue weighted by molar-refractivity contribution is 8.01. The Hall–Kier alpha value is -0.0700. The second-order valence-electron chi connectivity index (χ2n) is 6.07. The molecule has 3 aliphatic rings. The second kappa shape index (κ2) is 4.74. The summed E-state index contributed by atoms with van der Waals surface area (Å²) in [5.41, 5.74) is 0. The monoisotopic (exact) mass is 286 g/mol. The van der Waals surface area contributed by atoms with Crippen molar-refractivity contribution < 1.29 is 19.7 Å². The van der Waals surface area contributed by atoms with Gasteiger partial charge in [-0.15, -0.1) is 18.3 Å². The van der Waals surface area contributed by atoms with Gasteiger partial charge in [0, 0.05) is 18.1 Å². The van der Waals surface area contributed by atoms with E-state index in [9.17, 15) is 10.2 Å². The fourth-order valence-electron chi connectivity index (χ4n) is 3.20. The Morgan fingerprint density at radius 1 is 1.47 bits per heavy atom. The number of thioether (sulfide) groups is 1. The minimum absolute atomic E-state index is 0.00701. The number of rotatable bonds is 3. The van der Waals surface area contributed by atoms with Crippen LogP contribution in [0.5, 0.6) is 0 Å². The fourth-order valence-corrected chi connectivity index (χ4v) is 4.43. The van der Waals surface area contributed by atoms with E-state index in [2.05, 4.69) is 13.5 Å². The summed E-state index contributed by atoms with van der Waals surface area (Å²) in [4.78, 5) is -0.737. The lowest BCUT2D eigenvalue weighted by molar-refractivity contribution is -0.221. The highest BCUT2D eigenvalue weighted by Gasteiger charge is 2.75. The van der Waals surface area contributed by atoms with Gasteiger partial charge in [-0.1, -0.05) is 13.0 Å². The summed E-state index contributed by atoms with van der Waals surface area (Å²) in [7, 11) is 0. The summed E-state index contributed by atoms with van der Waals surface area (Å²) in [5.74, 6) is 0.173. The third-order valence-electron chi connectivity index (χ3n) is 4.48. The minimum Gasteiger partial charge on any atom is -0.367 e. The van der Waals surface area contributed by atoms with Gasteiger partial charge in [-0.2, -0.15) is 0 Å². The van der Waals surface area contributed by atoms with Gasteiger partial charge in [0.25, 0.3) is 0 Å². The summed E-state index contributed by atoms with van der Waals surface area (Å²) >= 11 is 1.45. The maximum absolute atomic E-state index is 10.5. The lowest BCUT2D eigenvalue weighted by atomic mass is 9.80. The number of aliphatic hydroxyl groups is 2. The van der Waals surface area contributed by atoms with Crippen molar-refractivity contribution in [1.29, 1.82) is 0 Å². The van der Waals surface area contributed by atoms with E-state index in [0.717, 1.165) is 12.8 Å². The molecule has 1 saturated heterocycles. The van der Waals surface area contributed by atoms with Crippen LogP contribution in [0.1, 0.15) is 32.6 Å². The smallest absolute Gasteiger partial charge is 0.209 e. The second-order valence-corrected chi connectivity index (χ2v) is 7.35. The normalized spacial score (nSPS) is 53.4. The van der Waals surface area contributed by atoms with Gasteiger partial charge in [0.05, 0.1) is 6.10 Å². The van der Waals surface area contributed by atoms with E-state index >= 15 is 0 Å². The van der Waals surface area contributed by atoms with Gasteiger partial charge in [-0.3, -0.25) is 0 Å². The maximum atomic E-state index is 10.5. The van der Waals surface area contributed by atoms with Crippen molar-refractivity contribution in [2.24, 2.45) is 11.8 Å². The van der Waals surface area contributed by atoms with Crippen LogP contribution in [0, 0.1) is 11.8 Å². The third kappa shape index (κ3) is 2.36. The van der Waals surface area contributed by atoms with Gasteiger partial charge in [0.15, 0.2) is 11.2 Å². The average Bonchev–Trinajstić information content (AvgIpc) is 2.70. The Morgan fingerprint density at radius 3 is 2.89 bits per heavy atom. The zero-order chi connectivity index (χ0) is 13.7. The topological polar surface area (TPSA) is 58.9 Å². The molecule has 5 heteroatoms. The molecule has 2 saturated carbocycles. The van der Waals surface area contributed by atoms with Crippen molar-refractivity contribution in [3.8, 4) is 0 Å². The van der Waals surface area contributed by atoms with Gasteiger partial charge in [0.1, 0.15) is 0 Å². The molecule has 0 radical (unpaired) electrons. The molecular formula is C14H22O4S. The molecule has 3 rings (SSSR count). The SMILES string of the molecule is C=CC1CCC(C)CC1OC1(O)CC12OC(O)CS2. The van der Waals surface area contributed by atoms with Crippen molar-refractivity contribution in [2.45, 2.75) is 55.7 Å². The van der Waals surface area contributed by atoms with Crippen LogP contribution in [0.4, 0.5) is 0 Å². The molecule has 1 aliphatic heterocycles. The predicted octanol–water partition coefficient (Wildman–Crippen LogP) is 1.86. The Labute approximate surface area is 118 Å². The molecule has 3 fully saturated rings. The molecule has 6 unspecified atom stereocenters. The molecule has 2 aliphatic carbocycles. The van der Waals surface area contributed by atoms with Crippen molar-refractivity contribution in [2.75, 3.05) is 5.75 Å². The van der Waals surface area contributed by atoms with Crippen molar-refractivity contribution >= 4 is 11.8 Å². The zero-order valence-corrected chi connectivity index (χ0v) is 12.1. The molecule has 108 valence electrons. The number of aliphatic hydroxyl groups excluding tert-OH is 1. The van der Waals surface area contributed by atoms with E-state index in [1.165, 1.54) is 18.2 Å². The molecule has 1 spiro atoms. The van der Waals surface area contributed by atoms with E-state index in [-0.39, 0.29) is 6.10 Å². The summed E-state index contributed by atoms with van der Waals surface area (Å²) in [6.07, 6.45) is 4.79. The van der Waals surface area contributed by atoms with Gasteiger partial charge in [0.2, 0.25) is 5.79 Å². The summed E-state index contributed by atoms with van der Waals surface area (Å²) in [5, 5.41) is 20.0. The van der Waals surface area contributed by atoms with Crippen molar-refractivity contribution in [3.05, 3.63) is 12.7 Å². The van der Waals surface area contributed by atoms with Crippen LogP contribution in [0.15, 0.2) is 12.7 Å². The lowest BCUT2D eigenvalue weighted by Crippen LogP contribution is -2.38. The van der Waals surface area contributed by atoms with E-state index in [0.29, 0.717) is 24.0 Å². The number of hydrogen-bond acceptors (Lipinski definition) is 5. The molecule has 2 N–H and O–H groups in total. The van der Waals surface area contributed by atoms with E-state index in [1.54, 1.807) is 0 Å². The first-order chi connectivity index (χ1) is 8.98. The van der Waals surface area contributed by atoms with Crippen LogP contribution in [-0.2, 0) is 9.47 Å². The molecule has 0 bridgehead atoms. The maximum Gasteiger partial charge on any atom is 0.209 e. The van der Waals surface area contributed by atoms with Crippen molar-refractivity contribution in [1.82, 2.24) is 0 Å². The highest BCUT2D eigenvalue weighted by Crippen LogP contribution is 2.63. The predicted molar refractivity (Wildman–Crippen MR) is 73.4 cm³/mol. The Bertz CT molecular complexity index is 376. The average molecular weight is 286 g/mol. The van der Waals surface area contributed by atoms with E-state index in [4.69, 9.17) is 9.47 Å². The summed E-state index contributed by atoms with van der Waals surface area (Å²) in [6.45, 7) is 6.09. The molecule has 1 heterocycles. The van der Waals surface area contributed by atoms with Gasteiger partial charge < -0.3 is 19.7 Å². The Morgan fingerprint density at radius 2 is 2.26 bits per heavy atom. The molecule has 19 heavy (non-hydrogen) atoms. The van der Waals surface area contributed by atoms with Crippen LogP contribution in [-0.4, -0.2) is 39.1 Å². The van der Waals surface area contributed by atoms with Gasteiger partial charge in [-0.25, -0.2) is 0 Å². The number of ether oxygens (including phenoxy) is 2. The molecule has 0 aromatic carbocycles. The molecule has 0 amide bonds. The van der Waals surface area contributed by atoms with Crippen molar-refractivity contribution in [3.63, 3.8) is 0 Å². The lowest BCUT2D eigenvalue weighted by Gasteiger charge is -2.35. The first-order valence-electron chi connectivity index (χ1n) is 7.00. The highest BCUT2D eigenvalue weighted by atomic mass is 32.2. The third-order valence-corrected chi connectivity index (χ3v) is 5.96. The van der Waals surface area contributed by atoms with Crippen LogP contribution >= 0.6 is 11.8 Å². The first kappa shape index (κ1) is 13.9. The molecule has 0 aromatic heterocycles. The largest absolute Gasteiger partial charge is 0.367 e. The summed E-state index contributed by atoms with van der Waals surface area (Å²) in [6, 6.07) is 0.